The van der Waals surface area contributed by atoms with Crippen molar-refractivity contribution in [1.29, 1.82) is 0 Å². The number of rotatable bonds is 1. The Hall–Kier alpha value is -1.91. The molecular weight excluding hydrogens is 180 g/mol. The summed E-state index contributed by atoms with van der Waals surface area (Å²) in [5.41, 5.74) is 5.89. The lowest BCUT2D eigenvalue weighted by molar-refractivity contribution is -0.669. The molecule has 5 heteroatoms. The molecule has 14 heavy (non-hydrogen) atoms. The van der Waals surface area contributed by atoms with E-state index in [9.17, 15) is 4.79 Å². The average molecular weight is 191 g/mol. The zero-order chi connectivity index (χ0) is 10.1. The van der Waals surface area contributed by atoms with Crippen molar-refractivity contribution in [3.05, 3.63) is 28.7 Å². The Bertz CT molecular complexity index is 532. The number of aromatic amines is 1. The van der Waals surface area contributed by atoms with Crippen LogP contribution in [0.2, 0.25) is 0 Å². The summed E-state index contributed by atoms with van der Waals surface area (Å²) in [6, 6.07) is 3.55. The van der Waals surface area contributed by atoms with E-state index < -0.39 is 0 Å². The first-order chi connectivity index (χ1) is 6.72. The minimum absolute atomic E-state index is 0.149. The topological polar surface area (TPSA) is 75.6 Å². The van der Waals surface area contributed by atoms with Gasteiger partial charge < -0.3 is 5.73 Å². The van der Waals surface area contributed by atoms with Crippen LogP contribution in [0.4, 0.5) is 5.95 Å². The van der Waals surface area contributed by atoms with Gasteiger partial charge in [-0.2, -0.15) is 0 Å². The van der Waals surface area contributed by atoms with E-state index in [0.29, 0.717) is 11.0 Å². The molecule has 2 rings (SSSR count). The number of nitrogens with one attached hydrogen (secondary N) is 1. The lowest BCUT2D eigenvalue weighted by atomic mass is 10.3. The zero-order valence-corrected chi connectivity index (χ0v) is 7.82. The van der Waals surface area contributed by atoms with Crippen LogP contribution in [0, 0.1) is 0 Å². The lowest BCUT2D eigenvalue weighted by Crippen LogP contribution is -2.35. The number of nitrogen functional groups attached to an aromatic ring is 1. The van der Waals surface area contributed by atoms with E-state index in [4.69, 9.17) is 5.73 Å². The molecule has 0 aliphatic heterocycles. The monoisotopic (exact) mass is 191 g/mol. The van der Waals surface area contributed by atoms with Crippen molar-refractivity contribution in [2.45, 2.75) is 13.5 Å². The molecule has 0 aliphatic carbocycles. The number of H-pyrrole nitrogens is 1. The summed E-state index contributed by atoms with van der Waals surface area (Å²) in [6.45, 7) is 2.74. The normalized spacial score (nSPS) is 10.6. The molecule has 0 radical (unpaired) electrons. The van der Waals surface area contributed by atoms with Crippen LogP contribution in [0.5, 0.6) is 0 Å². The van der Waals surface area contributed by atoms with E-state index in [1.165, 1.54) is 0 Å². The summed E-state index contributed by atoms with van der Waals surface area (Å²) < 4.78 is 1.88. The van der Waals surface area contributed by atoms with Crippen LogP contribution in [0.25, 0.3) is 11.0 Å². The van der Waals surface area contributed by atoms with Gasteiger partial charge in [-0.25, -0.2) is 4.57 Å². The Morgan fingerprint density at radius 1 is 1.64 bits per heavy atom. The van der Waals surface area contributed by atoms with Gasteiger partial charge in [0, 0.05) is 0 Å². The molecule has 0 aliphatic rings. The largest absolute Gasteiger partial charge is 0.348 e. The predicted molar refractivity (Wildman–Crippen MR) is 52.6 cm³/mol. The van der Waals surface area contributed by atoms with Crippen molar-refractivity contribution in [1.82, 2.24) is 9.97 Å². The number of aryl methyl sites for hydroxylation is 1. The Morgan fingerprint density at radius 3 is 3.14 bits per heavy atom. The highest BCUT2D eigenvalue weighted by Gasteiger charge is 2.12. The number of nitrogens with zero attached hydrogens (tertiary/aromatic N) is 2. The molecule has 5 nitrogen and oxygen atoms in total. The molecule has 0 spiro atoms. The first kappa shape index (κ1) is 8.68. The van der Waals surface area contributed by atoms with E-state index in [1.54, 1.807) is 6.07 Å². The minimum Gasteiger partial charge on any atom is -0.348 e. The Balaban J connectivity index is 2.94. The summed E-state index contributed by atoms with van der Waals surface area (Å²) in [6.07, 6.45) is 1.87. The van der Waals surface area contributed by atoms with E-state index in [2.05, 4.69) is 9.97 Å². The van der Waals surface area contributed by atoms with Crippen LogP contribution < -0.4 is 15.9 Å². The molecule has 0 amide bonds. The smallest absolute Gasteiger partial charge is 0.340 e. The number of hydrogen-bond acceptors (Lipinski definition) is 3. The summed E-state index contributed by atoms with van der Waals surface area (Å²) in [7, 11) is 0. The Labute approximate surface area is 80.2 Å². The van der Waals surface area contributed by atoms with Crippen LogP contribution in [0.1, 0.15) is 6.92 Å². The van der Waals surface area contributed by atoms with Crippen LogP contribution in [0.3, 0.4) is 0 Å². The first-order valence-electron chi connectivity index (χ1n) is 4.40. The number of pyridine rings is 1. The lowest BCUT2D eigenvalue weighted by Gasteiger charge is -1.97. The molecule has 72 valence electrons. The Morgan fingerprint density at radius 2 is 2.43 bits per heavy atom. The van der Waals surface area contributed by atoms with Gasteiger partial charge in [-0.3, -0.25) is 9.78 Å². The molecule has 2 aromatic rings. The van der Waals surface area contributed by atoms with Gasteiger partial charge in [0.15, 0.2) is 0 Å². The number of anilines is 1. The highest BCUT2D eigenvalue weighted by molar-refractivity contribution is 5.70. The van der Waals surface area contributed by atoms with Gasteiger partial charge in [-0.05, 0) is 24.0 Å². The third kappa shape index (κ3) is 1.22. The van der Waals surface area contributed by atoms with E-state index in [1.807, 2.05) is 23.8 Å². The maximum absolute atomic E-state index is 11.5. The fourth-order valence-corrected chi connectivity index (χ4v) is 1.43. The molecule has 0 unspecified atom stereocenters. The second-order valence-corrected chi connectivity index (χ2v) is 2.98. The molecular formula is C9H11N4O+. The molecule has 0 saturated carbocycles. The molecule has 2 heterocycles. The second-order valence-electron chi connectivity index (χ2n) is 2.98. The van der Waals surface area contributed by atoms with Crippen LogP contribution >= 0.6 is 0 Å². The van der Waals surface area contributed by atoms with Gasteiger partial charge in [0.25, 0.3) is 5.56 Å². The van der Waals surface area contributed by atoms with Crippen LogP contribution in [0.15, 0.2) is 23.1 Å². The molecule has 0 aromatic carbocycles. The van der Waals surface area contributed by atoms with Crippen molar-refractivity contribution in [2.24, 2.45) is 0 Å². The van der Waals surface area contributed by atoms with E-state index in [0.717, 1.165) is 6.54 Å². The molecule has 0 atom stereocenters. The van der Waals surface area contributed by atoms with Crippen molar-refractivity contribution >= 4 is 17.0 Å². The minimum atomic E-state index is -0.199. The quantitative estimate of drug-likeness (QED) is 0.613. The molecule has 2 aromatic heterocycles. The maximum atomic E-state index is 11.5. The standard InChI is InChI=1S/C9H10N4O/c1-2-13-5-3-4-6-7(13)11-9(10)12-8(6)14/h3-5H,2H2,1H3,(H2,10,12,14)/p+1. The molecule has 0 fully saturated rings. The molecule has 0 bridgehead atoms. The van der Waals surface area contributed by atoms with Crippen LogP contribution in [-0.2, 0) is 6.54 Å². The van der Waals surface area contributed by atoms with Gasteiger partial charge in [0.1, 0.15) is 5.39 Å². The number of hydrogen-bond donors (Lipinski definition) is 2. The third-order valence-corrected chi connectivity index (χ3v) is 2.10. The zero-order valence-electron chi connectivity index (χ0n) is 7.82. The fourth-order valence-electron chi connectivity index (χ4n) is 1.43. The van der Waals surface area contributed by atoms with Crippen LogP contribution in [-0.4, -0.2) is 9.97 Å². The van der Waals surface area contributed by atoms with Crippen molar-refractivity contribution in [2.75, 3.05) is 5.73 Å². The fraction of sp³-hybridized carbons (Fsp3) is 0.222. The molecule has 3 N–H and O–H groups in total. The summed E-state index contributed by atoms with van der Waals surface area (Å²) in [5, 5.41) is 0.559. The maximum Gasteiger partial charge on any atom is 0.340 e. The van der Waals surface area contributed by atoms with Crippen molar-refractivity contribution in [3.63, 3.8) is 0 Å². The van der Waals surface area contributed by atoms with Gasteiger partial charge in [0.05, 0.1) is 12.7 Å². The van der Waals surface area contributed by atoms with Crippen molar-refractivity contribution in [3.8, 4) is 0 Å². The van der Waals surface area contributed by atoms with E-state index in [-0.39, 0.29) is 11.5 Å². The third-order valence-electron chi connectivity index (χ3n) is 2.10. The van der Waals surface area contributed by atoms with Gasteiger partial charge in [-0.15, -0.1) is 0 Å². The number of aromatic nitrogens is 3. The van der Waals surface area contributed by atoms with Gasteiger partial charge >= 0.3 is 11.6 Å². The van der Waals surface area contributed by atoms with Gasteiger partial charge in [0.2, 0.25) is 0 Å². The van der Waals surface area contributed by atoms with Crippen molar-refractivity contribution < 1.29 is 4.57 Å². The Kier molecular flexibility index (Phi) is 1.92. The second kappa shape index (κ2) is 3.10. The summed E-state index contributed by atoms with van der Waals surface area (Å²) in [5.74, 6) is 0.149. The van der Waals surface area contributed by atoms with E-state index >= 15 is 0 Å². The summed E-state index contributed by atoms with van der Waals surface area (Å²) >= 11 is 0. The summed E-state index contributed by atoms with van der Waals surface area (Å²) in [4.78, 5) is 18.0. The number of nitrogens with two attached hydrogens (primary N) is 1. The molecule has 0 saturated heterocycles. The number of fused-ring (bicyclic) bond motifs is 1. The average Bonchev–Trinajstić information content (AvgIpc) is 2.17. The predicted octanol–water partition coefficient (Wildman–Crippen LogP) is -0.187. The first-order valence-corrected chi connectivity index (χ1v) is 4.40. The van der Waals surface area contributed by atoms with Gasteiger partial charge in [-0.1, -0.05) is 0 Å². The highest BCUT2D eigenvalue weighted by atomic mass is 16.1. The highest BCUT2D eigenvalue weighted by Crippen LogP contribution is 2.00. The SMILES string of the molecule is CC[n+]1cccc2c(=O)[nH]c(N)nc21.